The van der Waals surface area contributed by atoms with E-state index >= 15 is 0 Å². The number of halogens is 3. The van der Waals surface area contributed by atoms with E-state index in [1.165, 1.54) is 19.0 Å². The average Bonchev–Trinajstić information content (AvgIpc) is 2.16. The van der Waals surface area contributed by atoms with Crippen LogP contribution in [-0.2, 0) is 0 Å². The lowest BCUT2D eigenvalue weighted by Crippen LogP contribution is -2.58. The van der Waals surface area contributed by atoms with Crippen LogP contribution < -0.4 is 5.09 Å². The largest absolute Gasteiger partial charge is 0.406 e. The van der Waals surface area contributed by atoms with E-state index in [0.717, 1.165) is 0 Å². The zero-order valence-electron chi connectivity index (χ0n) is 9.06. The molecule has 1 saturated carbocycles. The molecule has 0 aromatic heterocycles. The van der Waals surface area contributed by atoms with Gasteiger partial charge in [-0.15, -0.1) is 0 Å². The van der Waals surface area contributed by atoms with Crippen LogP contribution in [0.2, 0.25) is 0 Å². The predicted molar refractivity (Wildman–Crippen MR) is 57.6 cm³/mol. The first kappa shape index (κ1) is 13.2. The molecule has 0 heterocycles. The Balaban J connectivity index is 2.79. The van der Waals surface area contributed by atoms with Crippen molar-refractivity contribution in [1.29, 1.82) is 0 Å². The Bertz CT molecular complexity index is 210. The Kier molecular flexibility index (Phi) is 4.01. The molecule has 1 rings (SSSR count). The molecule has 0 saturated heterocycles. The van der Waals surface area contributed by atoms with Crippen LogP contribution in [0, 0.1) is 0 Å². The van der Waals surface area contributed by atoms with Crippen LogP contribution in [0.15, 0.2) is 0 Å². The molecule has 0 aromatic rings. The number of hydrogen-bond donors (Lipinski definition) is 1. The molecule has 6 heteroatoms. The maximum Gasteiger partial charge on any atom is 0.406 e. The molecule has 1 N–H and O–H groups in total. The van der Waals surface area contributed by atoms with Crippen LogP contribution in [0.4, 0.5) is 13.2 Å². The molecule has 2 nitrogen and oxygen atoms in total. The molecule has 0 radical (unpaired) electrons. The Hall–Kier alpha value is 0.140. The van der Waals surface area contributed by atoms with Crippen molar-refractivity contribution in [1.82, 2.24) is 9.99 Å². The first-order chi connectivity index (χ1) is 6.83. The molecule has 1 aliphatic rings. The van der Waals surface area contributed by atoms with Crippen LogP contribution >= 0.6 is 9.39 Å². The van der Waals surface area contributed by atoms with Gasteiger partial charge < -0.3 is 0 Å². The highest BCUT2D eigenvalue weighted by Crippen LogP contribution is 2.44. The molecule has 90 valence electrons. The van der Waals surface area contributed by atoms with E-state index < -0.39 is 11.7 Å². The van der Waals surface area contributed by atoms with Gasteiger partial charge in [0, 0.05) is 6.04 Å². The van der Waals surface area contributed by atoms with Crippen molar-refractivity contribution in [2.45, 2.75) is 43.4 Å². The Morgan fingerprint density at radius 3 is 2.00 bits per heavy atom. The predicted octanol–water partition coefficient (Wildman–Crippen LogP) is 2.17. The van der Waals surface area contributed by atoms with E-state index in [1.54, 1.807) is 0 Å². The minimum atomic E-state index is -4.14. The van der Waals surface area contributed by atoms with Gasteiger partial charge in [0.25, 0.3) is 0 Å². The zero-order valence-corrected chi connectivity index (χ0v) is 10.2. The molecule has 1 fully saturated rings. The third-order valence-corrected chi connectivity index (χ3v) is 3.90. The summed E-state index contributed by atoms with van der Waals surface area (Å²) in [4.78, 5) is 1.33. The second-order valence-electron chi connectivity index (χ2n) is 4.36. The van der Waals surface area contributed by atoms with E-state index in [4.69, 9.17) is 0 Å². The number of nitrogens with zero attached hydrogens (tertiary/aromatic N) is 1. The van der Waals surface area contributed by atoms with E-state index in [1.807, 2.05) is 0 Å². The monoisotopic (exact) mass is 242 g/mol. The molecule has 0 aliphatic heterocycles. The van der Waals surface area contributed by atoms with Gasteiger partial charge in [0.05, 0.1) is 0 Å². The second kappa shape index (κ2) is 4.56. The summed E-state index contributed by atoms with van der Waals surface area (Å²) < 4.78 is 39.0. The summed E-state index contributed by atoms with van der Waals surface area (Å²) in [6.07, 6.45) is -2.64. The minimum Gasteiger partial charge on any atom is -0.298 e. The average molecular weight is 242 g/mol. The summed E-state index contributed by atoms with van der Waals surface area (Å²) in [6.45, 7) is 0. The Labute approximate surface area is 90.8 Å². The van der Waals surface area contributed by atoms with Crippen LogP contribution in [0.25, 0.3) is 0 Å². The smallest absolute Gasteiger partial charge is 0.298 e. The maximum absolute atomic E-state index is 13.0. The first-order valence-corrected chi connectivity index (χ1v) is 5.61. The lowest BCUT2D eigenvalue weighted by atomic mass is 9.78. The third-order valence-electron chi connectivity index (χ3n) is 3.43. The van der Waals surface area contributed by atoms with Crippen molar-refractivity contribution in [2.75, 3.05) is 14.1 Å². The van der Waals surface area contributed by atoms with Crippen molar-refractivity contribution in [3.63, 3.8) is 0 Å². The van der Waals surface area contributed by atoms with E-state index in [2.05, 4.69) is 14.5 Å². The van der Waals surface area contributed by atoms with E-state index in [9.17, 15) is 13.2 Å². The van der Waals surface area contributed by atoms with Gasteiger partial charge in [-0.3, -0.25) is 9.99 Å². The van der Waals surface area contributed by atoms with Crippen LogP contribution in [0.1, 0.15) is 25.7 Å². The van der Waals surface area contributed by atoms with Crippen LogP contribution in [0.5, 0.6) is 0 Å². The molecule has 1 atom stereocenters. The van der Waals surface area contributed by atoms with Crippen molar-refractivity contribution >= 4 is 9.39 Å². The third kappa shape index (κ3) is 2.45. The fourth-order valence-electron chi connectivity index (χ4n) is 2.25. The lowest BCUT2D eigenvalue weighted by molar-refractivity contribution is -0.235. The van der Waals surface area contributed by atoms with Crippen LogP contribution in [0.3, 0.4) is 0 Å². The highest BCUT2D eigenvalue weighted by Gasteiger charge is 2.57. The summed E-state index contributed by atoms with van der Waals surface area (Å²) >= 11 is 0. The molecule has 0 aromatic carbocycles. The van der Waals surface area contributed by atoms with Crippen molar-refractivity contribution in [3.05, 3.63) is 0 Å². The number of rotatable bonds is 2. The Morgan fingerprint density at radius 1 is 1.27 bits per heavy atom. The van der Waals surface area contributed by atoms with Crippen molar-refractivity contribution in [2.24, 2.45) is 0 Å². The van der Waals surface area contributed by atoms with Gasteiger partial charge in [-0.2, -0.15) is 13.2 Å². The topological polar surface area (TPSA) is 15.3 Å². The quantitative estimate of drug-likeness (QED) is 0.746. The SMILES string of the molecule is CN(C)C1(C(F)(F)F)CCC(NP)CC1. The van der Waals surface area contributed by atoms with E-state index in [0.29, 0.717) is 12.8 Å². The molecule has 1 unspecified atom stereocenters. The molecule has 1 aliphatic carbocycles. The summed E-state index contributed by atoms with van der Waals surface area (Å²) in [6, 6.07) is 0.199. The standard InChI is InChI=1S/C9H18F3N2P/c1-14(2)8(9(10,11)12)5-3-7(13-15)4-6-8/h7,13H,3-6,15H2,1-2H3. The fourth-order valence-corrected chi connectivity index (χ4v) is 2.58. The zero-order chi connectivity index (χ0) is 11.7. The normalized spacial score (nSPS) is 33.4. The van der Waals surface area contributed by atoms with Crippen molar-refractivity contribution < 1.29 is 13.2 Å². The molecule has 0 spiro atoms. The second-order valence-corrected chi connectivity index (χ2v) is 4.70. The first-order valence-electron chi connectivity index (χ1n) is 5.04. The van der Waals surface area contributed by atoms with Crippen molar-refractivity contribution in [3.8, 4) is 0 Å². The van der Waals surface area contributed by atoms with Gasteiger partial charge in [0.1, 0.15) is 5.54 Å². The summed E-state index contributed by atoms with van der Waals surface area (Å²) in [5.41, 5.74) is -1.62. The summed E-state index contributed by atoms with van der Waals surface area (Å²) in [5, 5.41) is 2.96. The number of hydrogen-bond acceptors (Lipinski definition) is 2. The molecule has 0 amide bonds. The number of alkyl halides is 3. The summed E-state index contributed by atoms with van der Waals surface area (Å²) in [7, 11) is 5.41. The molecule has 15 heavy (non-hydrogen) atoms. The maximum atomic E-state index is 13.0. The summed E-state index contributed by atoms with van der Waals surface area (Å²) in [5.74, 6) is 0. The van der Waals surface area contributed by atoms with Gasteiger partial charge in [-0.05, 0) is 39.8 Å². The molecular weight excluding hydrogens is 224 g/mol. The van der Waals surface area contributed by atoms with Gasteiger partial charge in [0.15, 0.2) is 0 Å². The number of nitrogens with one attached hydrogen (secondary N) is 1. The minimum absolute atomic E-state index is 0.176. The molecular formula is C9H18F3N2P. The highest BCUT2D eigenvalue weighted by atomic mass is 31.0. The fraction of sp³-hybridized carbons (Fsp3) is 1.00. The highest BCUT2D eigenvalue weighted by molar-refractivity contribution is 7.13. The van der Waals surface area contributed by atoms with Crippen LogP contribution in [-0.4, -0.2) is 36.8 Å². The lowest BCUT2D eigenvalue weighted by Gasteiger charge is -2.45. The van der Waals surface area contributed by atoms with Gasteiger partial charge >= 0.3 is 6.18 Å². The Morgan fingerprint density at radius 2 is 1.73 bits per heavy atom. The van der Waals surface area contributed by atoms with Gasteiger partial charge in [-0.1, -0.05) is 9.39 Å². The van der Waals surface area contributed by atoms with Gasteiger partial charge in [0.2, 0.25) is 0 Å². The van der Waals surface area contributed by atoms with Gasteiger partial charge in [-0.25, -0.2) is 0 Å². The molecule has 0 bridgehead atoms. The van der Waals surface area contributed by atoms with E-state index in [-0.39, 0.29) is 18.9 Å².